The molecule has 0 N–H and O–H groups in total. The fraction of sp³-hybridized carbons (Fsp3) is 0.797. The van der Waals surface area contributed by atoms with Crippen LogP contribution in [0.15, 0.2) is 60.8 Å². The van der Waals surface area contributed by atoms with Gasteiger partial charge in [0.2, 0.25) is 0 Å². The second-order valence-corrected chi connectivity index (χ2v) is 20.3. The fourth-order valence-electron chi connectivity index (χ4n) is 8.64. The van der Waals surface area contributed by atoms with E-state index in [0.29, 0.717) is 19.3 Å². The molecule has 0 rings (SSSR count). The van der Waals surface area contributed by atoms with Gasteiger partial charge in [0.15, 0.2) is 6.10 Å². The van der Waals surface area contributed by atoms with Gasteiger partial charge in [0, 0.05) is 19.3 Å². The number of hydrogen-bond acceptors (Lipinski definition) is 6. The number of allylic oxidation sites excluding steroid dienone is 10. The molecule has 0 amide bonds. The van der Waals surface area contributed by atoms with Gasteiger partial charge in [0.1, 0.15) is 13.2 Å². The van der Waals surface area contributed by atoms with Gasteiger partial charge in [-0.25, -0.2) is 0 Å². The van der Waals surface area contributed by atoms with E-state index in [0.717, 1.165) is 96.3 Å². The lowest BCUT2D eigenvalue weighted by atomic mass is 10.0. The highest BCUT2D eigenvalue weighted by Gasteiger charge is 2.19. The predicted octanol–water partition coefficient (Wildman–Crippen LogP) is 20.4. The van der Waals surface area contributed by atoms with Crippen LogP contribution in [-0.4, -0.2) is 37.2 Å². The smallest absolute Gasteiger partial charge is 0.306 e. The Balaban J connectivity index is 4.37. The van der Waals surface area contributed by atoms with Crippen LogP contribution in [0.1, 0.15) is 310 Å². The van der Waals surface area contributed by atoms with Crippen LogP contribution in [0.5, 0.6) is 0 Å². The molecule has 0 bridgehead atoms. The molecule has 0 fully saturated rings. The molecular formula is C64H114O6. The number of esters is 3. The van der Waals surface area contributed by atoms with E-state index in [-0.39, 0.29) is 31.1 Å². The summed E-state index contributed by atoms with van der Waals surface area (Å²) in [6, 6.07) is 0. The molecule has 6 heteroatoms. The molecule has 0 aliphatic heterocycles. The molecule has 0 radical (unpaired) electrons. The predicted molar refractivity (Wildman–Crippen MR) is 302 cm³/mol. The summed E-state index contributed by atoms with van der Waals surface area (Å²) in [6.07, 6.45) is 73.5. The summed E-state index contributed by atoms with van der Waals surface area (Å²) in [5.41, 5.74) is 0. The van der Waals surface area contributed by atoms with E-state index in [2.05, 4.69) is 81.5 Å². The van der Waals surface area contributed by atoms with Crippen LogP contribution in [0.4, 0.5) is 0 Å². The monoisotopic (exact) mass is 979 g/mol. The van der Waals surface area contributed by atoms with Crippen LogP contribution in [0.2, 0.25) is 0 Å². The Hall–Kier alpha value is -2.89. The van der Waals surface area contributed by atoms with E-state index < -0.39 is 6.10 Å². The van der Waals surface area contributed by atoms with Crippen molar-refractivity contribution >= 4 is 17.9 Å². The molecule has 6 nitrogen and oxygen atoms in total. The maximum Gasteiger partial charge on any atom is 0.306 e. The van der Waals surface area contributed by atoms with E-state index in [4.69, 9.17) is 14.2 Å². The Morgan fingerprint density at radius 1 is 0.286 bits per heavy atom. The van der Waals surface area contributed by atoms with Gasteiger partial charge in [-0.2, -0.15) is 0 Å². The molecule has 0 heterocycles. The first-order chi connectivity index (χ1) is 34.5. The minimum Gasteiger partial charge on any atom is -0.462 e. The number of carbonyl (C=O) groups is 3. The van der Waals surface area contributed by atoms with Gasteiger partial charge in [0.05, 0.1) is 0 Å². The van der Waals surface area contributed by atoms with E-state index in [1.807, 2.05) is 0 Å². The van der Waals surface area contributed by atoms with Crippen molar-refractivity contribution in [1.29, 1.82) is 0 Å². The Kier molecular flexibility index (Phi) is 56.3. The minimum atomic E-state index is -0.784. The molecule has 0 saturated heterocycles. The average molecular weight is 980 g/mol. The standard InChI is InChI=1S/C64H114O6/c1-4-7-10-13-16-19-22-25-28-30-32-34-36-39-42-45-48-51-54-57-63(66)69-60-61(59-68-62(65)56-53-50-47-44-41-38-27-24-21-18-15-12-9-6-3)70-64(67)58-55-52-49-46-43-40-37-35-33-31-29-26-23-20-17-14-11-8-5-2/h15-16,18-19,24-25,27-28,32,34,61H,4-14,17,20-23,26,29-31,33,35-60H2,1-3H3/b18-15-,19-16-,27-24-,28-25-,34-32-. The molecule has 0 aromatic carbocycles. The molecule has 0 aliphatic rings. The van der Waals surface area contributed by atoms with Crippen molar-refractivity contribution in [3.8, 4) is 0 Å². The van der Waals surface area contributed by atoms with Crippen molar-refractivity contribution in [2.75, 3.05) is 13.2 Å². The maximum atomic E-state index is 12.9. The number of carbonyl (C=O) groups excluding carboxylic acids is 3. The highest BCUT2D eigenvalue weighted by Crippen LogP contribution is 2.16. The third-order valence-corrected chi connectivity index (χ3v) is 13.2. The van der Waals surface area contributed by atoms with Gasteiger partial charge >= 0.3 is 17.9 Å². The van der Waals surface area contributed by atoms with Crippen LogP contribution >= 0.6 is 0 Å². The third-order valence-electron chi connectivity index (χ3n) is 13.2. The van der Waals surface area contributed by atoms with Crippen molar-refractivity contribution in [2.24, 2.45) is 0 Å². The van der Waals surface area contributed by atoms with Crippen LogP contribution in [0, 0.1) is 0 Å². The average Bonchev–Trinajstić information content (AvgIpc) is 3.36. The summed E-state index contributed by atoms with van der Waals surface area (Å²) in [5.74, 6) is -0.893. The van der Waals surface area contributed by atoms with Gasteiger partial charge in [0.25, 0.3) is 0 Å². The molecule has 0 aromatic heterocycles. The number of hydrogen-bond donors (Lipinski definition) is 0. The lowest BCUT2D eigenvalue weighted by molar-refractivity contribution is -0.167. The van der Waals surface area contributed by atoms with Crippen molar-refractivity contribution < 1.29 is 28.6 Å². The normalized spacial score (nSPS) is 12.4. The molecule has 0 spiro atoms. The second kappa shape index (κ2) is 58.7. The maximum absolute atomic E-state index is 12.9. The minimum absolute atomic E-state index is 0.0832. The highest BCUT2D eigenvalue weighted by molar-refractivity contribution is 5.71. The topological polar surface area (TPSA) is 78.9 Å². The third kappa shape index (κ3) is 56.0. The van der Waals surface area contributed by atoms with Crippen molar-refractivity contribution in [3.05, 3.63) is 60.8 Å². The molecule has 70 heavy (non-hydrogen) atoms. The molecule has 0 saturated carbocycles. The summed E-state index contributed by atoms with van der Waals surface area (Å²) in [4.78, 5) is 38.2. The molecule has 406 valence electrons. The van der Waals surface area contributed by atoms with Crippen LogP contribution in [-0.2, 0) is 28.6 Å². The number of rotatable bonds is 55. The molecule has 1 atom stereocenters. The first kappa shape index (κ1) is 67.1. The Labute approximate surface area is 434 Å². The molecule has 0 aliphatic carbocycles. The SMILES string of the molecule is CCCC/C=C\C/C=C\CCCCCCCC(=O)OCC(COC(=O)CCCCCCCC/C=C\C/C=C\C/C=C\CCCCC)OC(=O)CCCCCCCCCCCCCCCCCCCCC. The van der Waals surface area contributed by atoms with Gasteiger partial charge in [-0.3, -0.25) is 14.4 Å². The first-order valence-corrected chi connectivity index (χ1v) is 30.3. The summed E-state index contributed by atoms with van der Waals surface area (Å²) < 4.78 is 16.9. The molecule has 0 aromatic rings. The van der Waals surface area contributed by atoms with Gasteiger partial charge in [-0.05, 0) is 83.5 Å². The highest BCUT2D eigenvalue weighted by atomic mass is 16.6. The largest absolute Gasteiger partial charge is 0.462 e. The fourth-order valence-corrected chi connectivity index (χ4v) is 8.64. The summed E-state index contributed by atoms with van der Waals surface area (Å²) in [7, 11) is 0. The van der Waals surface area contributed by atoms with Crippen LogP contribution in [0.3, 0.4) is 0 Å². The quantitative estimate of drug-likeness (QED) is 0.0261. The van der Waals surface area contributed by atoms with Crippen LogP contribution in [0.25, 0.3) is 0 Å². The van der Waals surface area contributed by atoms with E-state index >= 15 is 0 Å². The first-order valence-electron chi connectivity index (χ1n) is 30.3. The summed E-state index contributed by atoms with van der Waals surface area (Å²) in [6.45, 7) is 6.59. The Bertz CT molecular complexity index is 1260. The van der Waals surface area contributed by atoms with E-state index in [1.54, 1.807) is 0 Å². The molecular weight excluding hydrogens is 865 g/mol. The van der Waals surface area contributed by atoms with E-state index in [9.17, 15) is 14.4 Å². The zero-order chi connectivity index (χ0) is 50.7. The van der Waals surface area contributed by atoms with Crippen molar-refractivity contribution in [1.82, 2.24) is 0 Å². The van der Waals surface area contributed by atoms with Crippen molar-refractivity contribution in [2.45, 2.75) is 316 Å². The summed E-state index contributed by atoms with van der Waals surface area (Å²) in [5, 5.41) is 0. The Morgan fingerprint density at radius 2 is 0.529 bits per heavy atom. The summed E-state index contributed by atoms with van der Waals surface area (Å²) >= 11 is 0. The van der Waals surface area contributed by atoms with Crippen LogP contribution < -0.4 is 0 Å². The van der Waals surface area contributed by atoms with Crippen molar-refractivity contribution in [3.63, 3.8) is 0 Å². The lowest BCUT2D eigenvalue weighted by Crippen LogP contribution is -2.30. The number of ether oxygens (including phenoxy) is 3. The van der Waals surface area contributed by atoms with Gasteiger partial charge < -0.3 is 14.2 Å². The Morgan fingerprint density at radius 3 is 0.871 bits per heavy atom. The molecule has 1 unspecified atom stereocenters. The number of unbranched alkanes of at least 4 members (excludes halogenated alkanes) is 34. The zero-order valence-electron chi connectivity index (χ0n) is 46.5. The lowest BCUT2D eigenvalue weighted by Gasteiger charge is -2.18. The van der Waals surface area contributed by atoms with E-state index in [1.165, 1.54) is 173 Å². The van der Waals surface area contributed by atoms with Gasteiger partial charge in [-0.15, -0.1) is 0 Å². The second-order valence-electron chi connectivity index (χ2n) is 20.3. The zero-order valence-corrected chi connectivity index (χ0v) is 46.5. The van der Waals surface area contributed by atoms with Gasteiger partial charge in [-0.1, -0.05) is 268 Å².